The molecule has 0 saturated heterocycles. The lowest BCUT2D eigenvalue weighted by Gasteiger charge is -2.12. The first-order valence-corrected chi connectivity index (χ1v) is 10.7. The number of nitriles is 1. The molecule has 0 fully saturated rings. The quantitative estimate of drug-likeness (QED) is 0.316. The van der Waals surface area contributed by atoms with Crippen LogP contribution < -0.4 is 14.8 Å². The monoisotopic (exact) mass is 490 g/mol. The molecule has 1 N–H and O–H groups in total. The van der Waals surface area contributed by atoms with E-state index in [0.29, 0.717) is 29.4 Å². The lowest BCUT2D eigenvalue weighted by molar-refractivity contribution is -0.112. The van der Waals surface area contributed by atoms with Crippen LogP contribution in [0.15, 0.2) is 70.7 Å². The van der Waals surface area contributed by atoms with Gasteiger partial charge in [0.25, 0.3) is 5.91 Å². The fraction of sp³-hybridized carbons (Fsp3) is 0.154. The third-order valence-corrected chi connectivity index (χ3v) is 5.33. The Morgan fingerprint density at radius 2 is 1.81 bits per heavy atom. The number of rotatable bonds is 7. The van der Waals surface area contributed by atoms with Crippen LogP contribution in [-0.4, -0.2) is 13.0 Å². The molecule has 5 nitrogen and oxygen atoms in total. The van der Waals surface area contributed by atoms with Crippen molar-refractivity contribution in [2.45, 2.75) is 20.5 Å². The molecule has 32 heavy (non-hydrogen) atoms. The van der Waals surface area contributed by atoms with E-state index < -0.39 is 5.91 Å². The third kappa shape index (κ3) is 5.99. The van der Waals surface area contributed by atoms with Crippen LogP contribution in [0, 0.1) is 25.2 Å². The number of carbonyl (C=O) groups is 1. The van der Waals surface area contributed by atoms with Gasteiger partial charge < -0.3 is 14.8 Å². The number of anilines is 1. The molecule has 3 aromatic rings. The largest absolute Gasteiger partial charge is 0.493 e. The van der Waals surface area contributed by atoms with Crippen molar-refractivity contribution in [2.24, 2.45) is 0 Å². The number of aryl methyl sites for hydroxylation is 2. The minimum atomic E-state index is -0.464. The molecule has 0 heterocycles. The Balaban J connectivity index is 1.76. The zero-order valence-electron chi connectivity index (χ0n) is 18.1. The molecule has 0 bridgehead atoms. The minimum Gasteiger partial charge on any atom is -0.493 e. The fourth-order valence-corrected chi connectivity index (χ4v) is 3.36. The summed E-state index contributed by atoms with van der Waals surface area (Å²) in [5.41, 5.74) is 4.39. The standard InChI is InChI=1S/C26H23BrN2O3/c1-17-4-10-23(18(2)12-17)29-26(30)21(15-28)13-20-7-11-24(25(14-20)31-3)32-16-19-5-8-22(27)9-6-19/h4-14H,16H2,1-3H3,(H,29,30)/b21-13-. The lowest BCUT2D eigenvalue weighted by Crippen LogP contribution is -2.14. The number of nitrogens with zero attached hydrogens (tertiary/aromatic N) is 1. The van der Waals surface area contributed by atoms with Crippen LogP contribution in [0.2, 0.25) is 0 Å². The van der Waals surface area contributed by atoms with E-state index in [1.165, 1.54) is 6.08 Å². The Morgan fingerprint density at radius 1 is 1.06 bits per heavy atom. The van der Waals surface area contributed by atoms with Gasteiger partial charge in [0.05, 0.1) is 7.11 Å². The third-order valence-electron chi connectivity index (χ3n) is 4.80. The Morgan fingerprint density at radius 3 is 2.47 bits per heavy atom. The van der Waals surface area contributed by atoms with Gasteiger partial charge in [0.1, 0.15) is 18.2 Å². The van der Waals surface area contributed by atoms with Gasteiger partial charge in [0, 0.05) is 10.2 Å². The number of halogens is 1. The predicted molar refractivity (Wildman–Crippen MR) is 130 cm³/mol. The summed E-state index contributed by atoms with van der Waals surface area (Å²) in [6.07, 6.45) is 1.53. The van der Waals surface area contributed by atoms with Gasteiger partial charge in [-0.15, -0.1) is 0 Å². The summed E-state index contributed by atoms with van der Waals surface area (Å²) in [5.74, 6) is 0.628. The van der Waals surface area contributed by atoms with E-state index in [-0.39, 0.29) is 5.57 Å². The molecule has 0 aliphatic rings. The molecule has 0 spiro atoms. The highest BCUT2D eigenvalue weighted by molar-refractivity contribution is 9.10. The lowest BCUT2D eigenvalue weighted by atomic mass is 10.1. The van der Waals surface area contributed by atoms with Crippen LogP contribution in [0.1, 0.15) is 22.3 Å². The summed E-state index contributed by atoms with van der Waals surface area (Å²) in [5, 5.41) is 12.3. The average molecular weight is 491 g/mol. The Kier molecular flexibility index (Phi) is 7.69. The number of amides is 1. The van der Waals surface area contributed by atoms with Gasteiger partial charge in [-0.3, -0.25) is 4.79 Å². The van der Waals surface area contributed by atoms with Gasteiger partial charge >= 0.3 is 0 Å². The highest BCUT2D eigenvalue weighted by Gasteiger charge is 2.12. The normalized spacial score (nSPS) is 10.9. The SMILES string of the molecule is COc1cc(/C=C(/C#N)C(=O)Nc2ccc(C)cc2C)ccc1OCc1ccc(Br)cc1. The van der Waals surface area contributed by atoms with Gasteiger partial charge in [0.15, 0.2) is 11.5 Å². The van der Waals surface area contributed by atoms with Crippen LogP contribution in [0.3, 0.4) is 0 Å². The van der Waals surface area contributed by atoms with Crippen molar-refractivity contribution >= 4 is 33.6 Å². The van der Waals surface area contributed by atoms with E-state index in [0.717, 1.165) is 21.2 Å². The van der Waals surface area contributed by atoms with Crippen molar-refractivity contribution in [3.8, 4) is 17.6 Å². The van der Waals surface area contributed by atoms with Crippen LogP contribution >= 0.6 is 15.9 Å². The Labute approximate surface area is 196 Å². The summed E-state index contributed by atoms with van der Waals surface area (Å²) >= 11 is 3.41. The molecule has 0 atom stereocenters. The van der Waals surface area contributed by atoms with Crippen molar-refractivity contribution in [1.29, 1.82) is 5.26 Å². The van der Waals surface area contributed by atoms with Gasteiger partial charge in [0.2, 0.25) is 0 Å². The molecule has 0 radical (unpaired) electrons. The fourth-order valence-electron chi connectivity index (χ4n) is 3.09. The van der Waals surface area contributed by atoms with Gasteiger partial charge in [-0.2, -0.15) is 5.26 Å². The number of hydrogen-bond donors (Lipinski definition) is 1. The van der Waals surface area contributed by atoms with Crippen LogP contribution in [0.25, 0.3) is 6.08 Å². The minimum absolute atomic E-state index is 0.00411. The van der Waals surface area contributed by atoms with Crippen molar-refractivity contribution < 1.29 is 14.3 Å². The summed E-state index contributed by atoms with van der Waals surface area (Å²) < 4.78 is 12.3. The summed E-state index contributed by atoms with van der Waals surface area (Å²) in [6.45, 7) is 4.29. The van der Waals surface area contributed by atoms with Gasteiger partial charge in [-0.25, -0.2) is 0 Å². The summed E-state index contributed by atoms with van der Waals surface area (Å²) in [4.78, 5) is 12.6. The molecule has 3 aromatic carbocycles. The van der Waals surface area contributed by atoms with E-state index >= 15 is 0 Å². The molecule has 0 unspecified atom stereocenters. The van der Waals surface area contributed by atoms with Crippen LogP contribution in [-0.2, 0) is 11.4 Å². The van der Waals surface area contributed by atoms with E-state index in [2.05, 4.69) is 21.2 Å². The topological polar surface area (TPSA) is 71.3 Å². The Bertz CT molecular complexity index is 1190. The van der Waals surface area contributed by atoms with E-state index in [1.54, 1.807) is 25.3 Å². The zero-order chi connectivity index (χ0) is 23.1. The molecule has 1 amide bonds. The summed E-state index contributed by atoms with van der Waals surface area (Å²) in [6, 6.07) is 20.8. The maximum Gasteiger partial charge on any atom is 0.266 e. The molecular weight excluding hydrogens is 468 g/mol. The number of methoxy groups -OCH3 is 1. The highest BCUT2D eigenvalue weighted by atomic mass is 79.9. The number of hydrogen-bond acceptors (Lipinski definition) is 4. The molecule has 6 heteroatoms. The number of nitrogens with one attached hydrogen (secondary N) is 1. The molecule has 3 rings (SSSR count). The van der Waals surface area contributed by atoms with Gasteiger partial charge in [-0.1, -0.05) is 51.8 Å². The smallest absolute Gasteiger partial charge is 0.266 e. The maximum atomic E-state index is 12.6. The van der Waals surface area contributed by atoms with Crippen LogP contribution in [0.4, 0.5) is 5.69 Å². The van der Waals surface area contributed by atoms with E-state index in [9.17, 15) is 10.1 Å². The molecule has 0 aliphatic heterocycles. The number of ether oxygens (including phenoxy) is 2. The maximum absolute atomic E-state index is 12.6. The second-order valence-electron chi connectivity index (χ2n) is 7.27. The second kappa shape index (κ2) is 10.7. The van der Waals surface area contributed by atoms with Crippen molar-refractivity contribution in [3.63, 3.8) is 0 Å². The molecule has 0 saturated carbocycles. The van der Waals surface area contributed by atoms with Crippen LogP contribution in [0.5, 0.6) is 11.5 Å². The zero-order valence-corrected chi connectivity index (χ0v) is 19.7. The number of carbonyl (C=O) groups excluding carboxylic acids is 1. The van der Waals surface area contributed by atoms with Crippen molar-refractivity contribution in [3.05, 3.63) is 93.0 Å². The predicted octanol–water partition coefficient (Wildman–Crippen LogP) is 6.20. The molecular formula is C26H23BrN2O3. The van der Waals surface area contributed by atoms with E-state index in [4.69, 9.17) is 9.47 Å². The van der Waals surface area contributed by atoms with Crippen molar-refractivity contribution in [1.82, 2.24) is 0 Å². The second-order valence-corrected chi connectivity index (χ2v) is 8.18. The molecule has 0 aromatic heterocycles. The van der Waals surface area contributed by atoms with Crippen molar-refractivity contribution in [2.75, 3.05) is 12.4 Å². The first-order chi connectivity index (χ1) is 15.4. The average Bonchev–Trinajstić information content (AvgIpc) is 2.79. The molecule has 162 valence electrons. The first kappa shape index (κ1) is 23.1. The highest BCUT2D eigenvalue weighted by Crippen LogP contribution is 2.30. The van der Waals surface area contributed by atoms with E-state index in [1.807, 2.05) is 62.4 Å². The number of benzene rings is 3. The first-order valence-electron chi connectivity index (χ1n) is 9.95. The van der Waals surface area contributed by atoms with Gasteiger partial charge in [-0.05, 0) is 66.9 Å². The molecule has 0 aliphatic carbocycles. The Hall–Kier alpha value is -3.56. The summed E-state index contributed by atoms with van der Waals surface area (Å²) in [7, 11) is 1.55.